The second-order valence-corrected chi connectivity index (χ2v) is 7.42. The van der Waals surface area contributed by atoms with Gasteiger partial charge in [-0.3, -0.25) is 4.79 Å². The largest absolute Gasteiger partial charge is 0.451 e. The standard InChI is InChI=1S/C21H17FN2O3S/c1-13-10-15-4-2-3-5-18(15)24(13)19(25)11-27-21(26)17-12-28-20(23-17)14-6-8-16(22)9-7-14/h2-9,12-13H,10-11H2,1H3/t13-/m0/s1. The molecule has 1 aliphatic rings. The quantitative estimate of drug-likeness (QED) is 0.624. The first-order valence-electron chi connectivity index (χ1n) is 8.81. The molecule has 0 spiro atoms. The molecule has 1 amide bonds. The number of hydrogen-bond donors (Lipinski definition) is 0. The molecule has 1 aliphatic heterocycles. The predicted molar refractivity (Wildman–Crippen MR) is 105 cm³/mol. The Bertz CT molecular complexity index is 1030. The lowest BCUT2D eigenvalue weighted by Crippen LogP contribution is -2.38. The number of para-hydroxylation sites is 1. The van der Waals surface area contributed by atoms with Crippen LogP contribution in [0.4, 0.5) is 10.1 Å². The number of nitrogens with zero attached hydrogens (tertiary/aromatic N) is 2. The van der Waals surface area contributed by atoms with E-state index in [2.05, 4.69) is 4.98 Å². The lowest BCUT2D eigenvalue weighted by atomic mass is 10.1. The fourth-order valence-electron chi connectivity index (χ4n) is 3.31. The van der Waals surface area contributed by atoms with Crippen LogP contribution in [0.2, 0.25) is 0 Å². The molecule has 4 rings (SSSR count). The molecule has 142 valence electrons. The summed E-state index contributed by atoms with van der Waals surface area (Å²) in [5.41, 5.74) is 2.82. The number of anilines is 1. The fraction of sp³-hybridized carbons (Fsp3) is 0.190. The second kappa shape index (κ2) is 7.52. The first kappa shape index (κ1) is 18.3. The van der Waals surface area contributed by atoms with Gasteiger partial charge in [-0.1, -0.05) is 18.2 Å². The summed E-state index contributed by atoms with van der Waals surface area (Å²) in [7, 11) is 0. The van der Waals surface area contributed by atoms with Gasteiger partial charge in [0.2, 0.25) is 0 Å². The third kappa shape index (κ3) is 3.53. The minimum absolute atomic E-state index is 0.0213. The average molecular weight is 396 g/mol. The first-order valence-corrected chi connectivity index (χ1v) is 9.69. The minimum atomic E-state index is -0.655. The molecule has 0 saturated carbocycles. The molecule has 3 aromatic rings. The van der Waals surface area contributed by atoms with Crippen LogP contribution in [0.3, 0.4) is 0 Å². The number of halogens is 1. The molecule has 5 nitrogen and oxygen atoms in total. The van der Waals surface area contributed by atoms with E-state index in [1.807, 2.05) is 31.2 Å². The third-order valence-corrected chi connectivity index (χ3v) is 5.50. The van der Waals surface area contributed by atoms with Crippen molar-refractivity contribution in [3.05, 3.63) is 71.0 Å². The zero-order valence-corrected chi connectivity index (χ0v) is 15.9. The van der Waals surface area contributed by atoms with Crippen molar-refractivity contribution >= 4 is 28.9 Å². The van der Waals surface area contributed by atoms with Gasteiger partial charge in [-0.25, -0.2) is 14.2 Å². The number of fused-ring (bicyclic) bond motifs is 1. The highest BCUT2D eigenvalue weighted by Gasteiger charge is 2.31. The van der Waals surface area contributed by atoms with E-state index in [9.17, 15) is 14.0 Å². The Morgan fingerprint density at radius 2 is 1.96 bits per heavy atom. The summed E-state index contributed by atoms with van der Waals surface area (Å²) < 4.78 is 18.2. The van der Waals surface area contributed by atoms with Crippen LogP contribution >= 0.6 is 11.3 Å². The van der Waals surface area contributed by atoms with Crippen LogP contribution in [0, 0.1) is 5.82 Å². The van der Waals surface area contributed by atoms with E-state index in [-0.39, 0.29) is 30.1 Å². The Labute approximate surface area is 165 Å². The number of amides is 1. The summed E-state index contributed by atoms with van der Waals surface area (Å²) in [4.78, 5) is 30.8. The molecule has 0 unspecified atom stereocenters. The van der Waals surface area contributed by atoms with Crippen LogP contribution in [-0.2, 0) is 16.0 Å². The van der Waals surface area contributed by atoms with E-state index in [4.69, 9.17) is 4.74 Å². The Kier molecular flexibility index (Phi) is 4.92. The SMILES string of the molecule is C[C@H]1Cc2ccccc2N1C(=O)COC(=O)c1csc(-c2ccc(F)cc2)n1. The number of rotatable bonds is 4. The van der Waals surface area contributed by atoms with Gasteiger partial charge in [-0.2, -0.15) is 0 Å². The molecule has 0 radical (unpaired) electrons. The number of carbonyl (C=O) groups is 2. The smallest absolute Gasteiger partial charge is 0.358 e. The molecule has 0 fully saturated rings. The molecule has 2 aromatic carbocycles. The number of benzene rings is 2. The molecule has 1 atom stereocenters. The summed E-state index contributed by atoms with van der Waals surface area (Å²) in [6, 6.07) is 13.6. The molecule has 1 aromatic heterocycles. The highest BCUT2D eigenvalue weighted by Crippen LogP contribution is 2.32. The van der Waals surface area contributed by atoms with Gasteiger partial charge < -0.3 is 9.64 Å². The van der Waals surface area contributed by atoms with Crippen molar-refractivity contribution in [2.45, 2.75) is 19.4 Å². The van der Waals surface area contributed by atoms with Crippen molar-refractivity contribution < 1.29 is 18.7 Å². The van der Waals surface area contributed by atoms with Crippen molar-refractivity contribution in [3.63, 3.8) is 0 Å². The topological polar surface area (TPSA) is 59.5 Å². The number of ether oxygens (including phenoxy) is 1. The number of aromatic nitrogens is 1. The summed E-state index contributed by atoms with van der Waals surface area (Å²) in [5, 5.41) is 2.15. The van der Waals surface area contributed by atoms with E-state index in [1.165, 1.54) is 23.5 Å². The van der Waals surface area contributed by atoms with Crippen molar-refractivity contribution in [2.75, 3.05) is 11.5 Å². The molecule has 7 heteroatoms. The van der Waals surface area contributed by atoms with Crippen molar-refractivity contribution in [2.24, 2.45) is 0 Å². The molecule has 0 N–H and O–H groups in total. The third-order valence-electron chi connectivity index (χ3n) is 4.61. The zero-order chi connectivity index (χ0) is 19.7. The van der Waals surface area contributed by atoms with Crippen LogP contribution in [-0.4, -0.2) is 29.5 Å². The summed E-state index contributed by atoms with van der Waals surface area (Å²) >= 11 is 1.26. The van der Waals surface area contributed by atoms with Gasteiger partial charge in [0.05, 0.1) is 0 Å². The van der Waals surface area contributed by atoms with Gasteiger partial charge in [0.1, 0.15) is 10.8 Å². The molecule has 28 heavy (non-hydrogen) atoms. The lowest BCUT2D eigenvalue weighted by molar-refractivity contribution is -0.122. The number of hydrogen-bond acceptors (Lipinski definition) is 5. The van der Waals surface area contributed by atoms with E-state index >= 15 is 0 Å². The lowest BCUT2D eigenvalue weighted by Gasteiger charge is -2.22. The normalized spacial score (nSPS) is 15.4. The van der Waals surface area contributed by atoms with Gasteiger partial charge in [0, 0.05) is 22.7 Å². The van der Waals surface area contributed by atoms with Gasteiger partial charge in [-0.05, 0) is 49.2 Å². The minimum Gasteiger partial charge on any atom is -0.451 e. The first-order chi connectivity index (χ1) is 13.5. The van der Waals surface area contributed by atoms with Gasteiger partial charge in [0.15, 0.2) is 12.3 Å². The van der Waals surface area contributed by atoms with Crippen LogP contribution in [0.1, 0.15) is 23.0 Å². The van der Waals surface area contributed by atoms with E-state index in [0.717, 1.165) is 17.7 Å². The Balaban J connectivity index is 1.41. The number of esters is 1. The van der Waals surface area contributed by atoms with Crippen molar-refractivity contribution in [1.29, 1.82) is 0 Å². The molecule has 0 bridgehead atoms. The number of carbonyl (C=O) groups excluding carboxylic acids is 2. The van der Waals surface area contributed by atoms with Crippen molar-refractivity contribution in [3.8, 4) is 10.6 Å². The summed E-state index contributed by atoms with van der Waals surface area (Å²) in [5.74, 6) is -1.26. The Hall–Kier alpha value is -3.06. The fourth-order valence-corrected chi connectivity index (χ4v) is 4.10. The molecule has 2 heterocycles. The summed E-state index contributed by atoms with van der Waals surface area (Å²) in [6.45, 7) is 1.62. The Morgan fingerprint density at radius 3 is 2.75 bits per heavy atom. The molecule has 0 saturated heterocycles. The molecular formula is C21H17FN2O3S. The second-order valence-electron chi connectivity index (χ2n) is 6.57. The summed E-state index contributed by atoms with van der Waals surface area (Å²) in [6.07, 6.45) is 0.781. The average Bonchev–Trinajstić information content (AvgIpc) is 3.30. The highest BCUT2D eigenvalue weighted by molar-refractivity contribution is 7.13. The number of thiazole rings is 1. The maximum absolute atomic E-state index is 13.0. The van der Waals surface area contributed by atoms with Crippen LogP contribution in [0.15, 0.2) is 53.9 Å². The maximum atomic E-state index is 13.0. The predicted octanol–water partition coefficient (Wildman–Crippen LogP) is 4.08. The monoisotopic (exact) mass is 396 g/mol. The van der Waals surface area contributed by atoms with E-state index in [0.29, 0.717) is 10.6 Å². The highest BCUT2D eigenvalue weighted by atomic mass is 32.1. The van der Waals surface area contributed by atoms with Gasteiger partial charge in [-0.15, -0.1) is 11.3 Å². The van der Waals surface area contributed by atoms with E-state index < -0.39 is 5.97 Å². The van der Waals surface area contributed by atoms with Crippen LogP contribution in [0.25, 0.3) is 10.6 Å². The molecular weight excluding hydrogens is 379 g/mol. The van der Waals surface area contributed by atoms with Crippen LogP contribution < -0.4 is 4.90 Å². The maximum Gasteiger partial charge on any atom is 0.358 e. The Morgan fingerprint density at radius 1 is 1.21 bits per heavy atom. The van der Waals surface area contributed by atoms with Gasteiger partial charge in [0.25, 0.3) is 5.91 Å². The molecule has 0 aliphatic carbocycles. The van der Waals surface area contributed by atoms with Crippen molar-refractivity contribution in [1.82, 2.24) is 4.98 Å². The van der Waals surface area contributed by atoms with E-state index in [1.54, 1.807) is 22.4 Å². The van der Waals surface area contributed by atoms with Crippen LogP contribution in [0.5, 0.6) is 0 Å². The zero-order valence-electron chi connectivity index (χ0n) is 15.1. The van der Waals surface area contributed by atoms with Gasteiger partial charge >= 0.3 is 5.97 Å².